The lowest BCUT2D eigenvalue weighted by Gasteiger charge is -2.17. The van der Waals surface area contributed by atoms with Gasteiger partial charge in [0.25, 0.3) is 10.0 Å². The molecule has 0 heterocycles. The Morgan fingerprint density at radius 2 is 1.18 bits per heavy atom. The van der Waals surface area contributed by atoms with Crippen molar-refractivity contribution in [3.05, 3.63) is 89.0 Å². The van der Waals surface area contributed by atoms with Gasteiger partial charge in [0, 0.05) is 0 Å². The molecule has 0 saturated heterocycles. The summed E-state index contributed by atoms with van der Waals surface area (Å²) in [6.07, 6.45) is 0. The van der Waals surface area contributed by atoms with E-state index in [1.165, 1.54) is 12.1 Å². The summed E-state index contributed by atoms with van der Waals surface area (Å²) in [5.41, 5.74) is 3.48. The molecule has 0 aromatic heterocycles. The molecule has 0 aliphatic carbocycles. The van der Waals surface area contributed by atoms with Crippen LogP contribution in [0.15, 0.2) is 85.2 Å². The van der Waals surface area contributed by atoms with Crippen molar-refractivity contribution in [2.75, 3.05) is 0 Å². The van der Waals surface area contributed by atoms with Crippen molar-refractivity contribution in [3.63, 3.8) is 0 Å². The molecule has 1 atom stereocenters. The molecule has 1 unspecified atom stereocenters. The van der Waals surface area contributed by atoms with Crippen LogP contribution in [0.3, 0.4) is 0 Å². The van der Waals surface area contributed by atoms with Crippen molar-refractivity contribution >= 4 is 19.8 Å². The molecule has 0 amide bonds. The summed E-state index contributed by atoms with van der Waals surface area (Å²) in [6.45, 7) is 7.51. The third-order valence-corrected chi connectivity index (χ3v) is 9.07. The molecule has 0 bridgehead atoms. The lowest BCUT2D eigenvalue weighted by molar-refractivity contribution is 0.598. The van der Waals surface area contributed by atoms with E-state index in [1.54, 1.807) is 42.5 Å². The number of aryl methyl sites for hydroxylation is 4. The Kier molecular flexibility index (Phi) is 5.46. The highest BCUT2D eigenvalue weighted by molar-refractivity contribution is 8.03. The predicted octanol–water partition coefficient (Wildman–Crippen LogP) is 5.20. The third-order valence-electron chi connectivity index (χ3n) is 4.47. The monoisotopic (exact) mass is 413 g/mol. The third kappa shape index (κ3) is 3.88. The second kappa shape index (κ2) is 7.53. The summed E-state index contributed by atoms with van der Waals surface area (Å²) in [5, 5.41) is 0. The molecule has 28 heavy (non-hydrogen) atoms. The predicted molar refractivity (Wildman–Crippen MR) is 113 cm³/mol. The van der Waals surface area contributed by atoms with Crippen LogP contribution >= 0.6 is 0 Å². The maximum absolute atomic E-state index is 14.3. The van der Waals surface area contributed by atoms with Gasteiger partial charge in [-0.15, -0.1) is 0 Å². The average Bonchev–Trinajstić information content (AvgIpc) is 2.61. The highest BCUT2D eigenvalue weighted by Gasteiger charge is 2.25. The standard InChI is InChI=1S/C22H23NO3S2/c1-16-10-12-21(13-11-16)28(25,26)23-27(24,20-8-6-5-7-9-20)22-18(3)14-17(2)15-19(22)4/h5-15H,1-4H3. The van der Waals surface area contributed by atoms with Crippen molar-refractivity contribution in [2.45, 2.75) is 42.4 Å². The fourth-order valence-corrected chi connectivity index (χ4v) is 7.62. The molecule has 4 nitrogen and oxygen atoms in total. The van der Waals surface area contributed by atoms with Gasteiger partial charge in [-0.25, -0.2) is 4.21 Å². The van der Waals surface area contributed by atoms with Crippen LogP contribution in [0.5, 0.6) is 0 Å². The second-order valence-corrected chi connectivity index (χ2v) is 10.9. The minimum absolute atomic E-state index is 0.0316. The molecule has 6 heteroatoms. The Balaban J connectivity index is 2.38. The first-order valence-corrected chi connectivity index (χ1v) is 11.8. The number of nitrogens with zero attached hydrogens (tertiary/aromatic N) is 1. The van der Waals surface area contributed by atoms with Gasteiger partial charge in [-0.1, -0.05) is 57.4 Å². The Morgan fingerprint density at radius 1 is 0.643 bits per heavy atom. The van der Waals surface area contributed by atoms with Crippen LogP contribution in [0, 0.1) is 27.7 Å². The zero-order chi connectivity index (χ0) is 20.5. The molecule has 146 valence electrons. The van der Waals surface area contributed by atoms with Crippen molar-refractivity contribution in [2.24, 2.45) is 3.77 Å². The van der Waals surface area contributed by atoms with Crippen LogP contribution in [-0.4, -0.2) is 12.6 Å². The van der Waals surface area contributed by atoms with Crippen LogP contribution in [0.1, 0.15) is 22.3 Å². The fourth-order valence-electron chi connectivity index (χ4n) is 3.30. The van der Waals surface area contributed by atoms with Crippen molar-refractivity contribution in [1.82, 2.24) is 0 Å². The van der Waals surface area contributed by atoms with Gasteiger partial charge in [0.15, 0.2) is 0 Å². The van der Waals surface area contributed by atoms with Gasteiger partial charge in [-0.3, -0.25) is 0 Å². The minimum atomic E-state index is -4.13. The molecule has 0 N–H and O–H groups in total. The quantitative estimate of drug-likeness (QED) is 0.591. The molecule has 0 fully saturated rings. The topological polar surface area (TPSA) is 63.6 Å². The Labute approximate surface area is 167 Å². The summed E-state index contributed by atoms with van der Waals surface area (Å²) in [5.74, 6) is 0. The van der Waals surface area contributed by atoms with Gasteiger partial charge >= 0.3 is 0 Å². The van der Waals surface area contributed by atoms with Crippen LogP contribution in [-0.2, 0) is 19.8 Å². The van der Waals surface area contributed by atoms with Gasteiger partial charge in [0.05, 0.1) is 14.7 Å². The average molecular weight is 414 g/mol. The number of sulfonamides is 1. The summed E-state index contributed by atoms with van der Waals surface area (Å²) in [4.78, 5) is 0.866. The van der Waals surface area contributed by atoms with Crippen LogP contribution in [0.25, 0.3) is 0 Å². The number of benzene rings is 3. The Hall–Kier alpha value is -2.44. The van der Waals surface area contributed by atoms with Gasteiger partial charge in [0.1, 0.15) is 9.73 Å². The maximum Gasteiger partial charge on any atom is 0.290 e. The van der Waals surface area contributed by atoms with E-state index in [0.717, 1.165) is 22.3 Å². The highest BCUT2D eigenvalue weighted by Crippen LogP contribution is 2.32. The molecule has 0 spiro atoms. The molecule has 3 aromatic rings. The van der Waals surface area contributed by atoms with Crippen molar-refractivity contribution < 1.29 is 12.6 Å². The van der Waals surface area contributed by atoms with E-state index in [4.69, 9.17) is 0 Å². The molecular formula is C22H23NO3S2. The van der Waals surface area contributed by atoms with Crippen LogP contribution in [0.4, 0.5) is 0 Å². The highest BCUT2D eigenvalue weighted by atomic mass is 32.3. The number of hydrogen-bond acceptors (Lipinski definition) is 3. The van der Waals surface area contributed by atoms with Gasteiger partial charge in [0.2, 0.25) is 0 Å². The van der Waals surface area contributed by atoms with E-state index in [-0.39, 0.29) is 4.90 Å². The zero-order valence-electron chi connectivity index (χ0n) is 16.3. The molecular weight excluding hydrogens is 390 g/mol. The van der Waals surface area contributed by atoms with Gasteiger partial charge < -0.3 is 0 Å². The summed E-state index contributed by atoms with van der Waals surface area (Å²) < 4.78 is 44.4. The number of hydrogen-bond donors (Lipinski definition) is 0. The molecule has 3 rings (SSSR count). The lowest BCUT2D eigenvalue weighted by atomic mass is 10.1. The largest absolute Gasteiger partial charge is 0.290 e. The van der Waals surface area contributed by atoms with Crippen molar-refractivity contribution in [1.29, 1.82) is 0 Å². The van der Waals surface area contributed by atoms with E-state index >= 15 is 0 Å². The fraction of sp³-hybridized carbons (Fsp3) is 0.182. The summed E-state index contributed by atoms with van der Waals surface area (Å²) in [6, 6.07) is 18.8. The van der Waals surface area contributed by atoms with Gasteiger partial charge in [-0.2, -0.15) is 8.42 Å². The molecule has 0 aliphatic rings. The first-order valence-electron chi connectivity index (χ1n) is 8.86. The molecule has 0 aliphatic heterocycles. The van der Waals surface area contributed by atoms with E-state index in [0.29, 0.717) is 9.79 Å². The summed E-state index contributed by atoms with van der Waals surface area (Å²) in [7, 11) is -7.53. The second-order valence-electron chi connectivity index (χ2n) is 6.93. The van der Waals surface area contributed by atoms with Gasteiger partial charge in [-0.05, 0) is 63.1 Å². The SMILES string of the molecule is Cc1ccc(S(=O)(=O)N=S(=O)(c2ccccc2)c2c(C)cc(C)cc2C)cc1. The molecule has 0 radical (unpaired) electrons. The van der Waals surface area contributed by atoms with E-state index in [2.05, 4.69) is 3.77 Å². The molecule has 3 aromatic carbocycles. The van der Waals surface area contributed by atoms with Crippen molar-refractivity contribution in [3.8, 4) is 0 Å². The van der Waals surface area contributed by atoms with Crippen LogP contribution in [0.2, 0.25) is 0 Å². The lowest BCUT2D eigenvalue weighted by Crippen LogP contribution is -2.10. The number of rotatable bonds is 4. The first kappa shape index (κ1) is 20.3. The van der Waals surface area contributed by atoms with E-state index in [9.17, 15) is 12.6 Å². The van der Waals surface area contributed by atoms with E-state index < -0.39 is 19.8 Å². The Morgan fingerprint density at radius 3 is 1.71 bits per heavy atom. The summed E-state index contributed by atoms with van der Waals surface area (Å²) >= 11 is 0. The smallest absolute Gasteiger partial charge is 0.239 e. The molecule has 0 saturated carbocycles. The van der Waals surface area contributed by atoms with Crippen LogP contribution < -0.4 is 0 Å². The maximum atomic E-state index is 14.3. The normalized spacial score (nSPS) is 13.7. The Bertz CT molecular complexity index is 1210. The minimum Gasteiger partial charge on any atom is -0.239 e. The van der Waals surface area contributed by atoms with E-state index in [1.807, 2.05) is 39.8 Å². The first-order chi connectivity index (χ1) is 13.1. The zero-order valence-corrected chi connectivity index (χ0v) is 18.0.